The molecule has 108 valence electrons. The number of carbonyl (C=O) groups excluding carboxylic acids is 2. The second-order valence-electron chi connectivity index (χ2n) is 4.23. The molecule has 0 aromatic carbocycles. The number of hydrogen-bond donors (Lipinski definition) is 3. The molecular weight excluding hydrogens is 268 g/mol. The predicted molar refractivity (Wildman–Crippen MR) is 64.5 cm³/mol. The van der Waals surface area contributed by atoms with Gasteiger partial charge in [-0.1, -0.05) is 5.21 Å². The molecule has 0 atom stereocenters. The average molecular weight is 282 g/mol. The minimum Gasteiger partial charge on any atom is -0.480 e. The predicted octanol–water partition coefficient (Wildman–Crippen LogP) is -2.00. The van der Waals surface area contributed by atoms with Crippen LogP contribution in [-0.2, 0) is 22.7 Å². The number of carboxylic acids is 1. The molecule has 2 rings (SSSR count). The van der Waals surface area contributed by atoms with Crippen molar-refractivity contribution in [3.63, 3.8) is 0 Å². The molecule has 1 fully saturated rings. The number of amides is 3. The molecule has 0 aliphatic carbocycles. The Labute approximate surface area is 113 Å². The Balaban J connectivity index is 1.82. The fourth-order valence-electron chi connectivity index (χ4n) is 1.73. The first-order chi connectivity index (χ1) is 9.54. The Morgan fingerprint density at radius 2 is 2.30 bits per heavy atom. The molecular formula is C10H14N6O4. The number of nitrogens with zero attached hydrogens (tertiary/aromatic N) is 4. The molecule has 1 aromatic rings. The SMILES string of the molecule is O=C(O)Cn1cc(CNC(=O)N2CCNC(=O)C2)nn1. The topological polar surface area (TPSA) is 129 Å². The van der Waals surface area contributed by atoms with Gasteiger partial charge in [0.15, 0.2) is 0 Å². The molecule has 0 spiro atoms. The van der Waals surface area contributed by atoms with Gasteiger partial charge in [0, 0.05) is 13.1 Å². The van der Waals surface area contributed by atoms with E-state index in [1.165, 1.54) is 11.1 Å². The van der Waals surface area contributed by atoms with Gasteiger partial charge in [-0.05, 0) is 0 Å². The third kappa shape index (κ3) is 3.67. The second kappa shape index (κ2) is 5.99. The van der Waals surface area contributed by atoms with Crippen molar-refractivity contribution in [2.75, 3.05) is 19.6 Å². The molecule has 3 amide bonds. The molecule has 0 radical (unpaired) electrons. The van der Waals surface area contributed by atoms with Crippen molar-refractivity contribution < 1.29 is 19.5 Å². The van der Waals surface area contributed by atoms with Crippen LogP contribution in [0.2, 0.25) is 0 Å². The number of carbonyl (C=O) groups is 3. The lowest BCUT2D eigenvalue weighted by Crippen LogP contribution is -2.52. The highest BCUT2D eigenvalue weighted by Gasteiger charge is 2.20. The Hall–Kier alpha value is -2.65. The van der Waals surface area contributed by atoms with E-state index < -0.39 is 5.97 Å². The van der Waals surface area contributed by atoms with Gasteiger partial charge in [-0.3, -0.25) is 9.59 Å². The lowest BCUT2D eigenvalue weighted by atomic mass is 10.4. The van der Waals surface area contributed by atoms with Gasteiger partial charge in [0.05, 0.1) is 12.7 Å². The number of aliphatic carboxylic acids is 1. The highest BCUT2D eigenvalue weighted by molar-refractivity contribution is 5.85. The number of aromatic nitrogens is 3. The van der Waals surface area contributed by atoms with E-state index in [1.807, 2.05) is 0 Å². The van der Waals surface area contributed by atoms with Gasteiger partial charge in [0.25, 0.3) is 0 Å². The third-order valence-electron chi connectivity index (χ3n) is 2.63. The van der Waals surface area contributed by atoms with Gasteiger partial charge in [-0.25, -0.2) is 9.48 Å². The molecule has 1 aliphatic heterocycles. The zero-order valence-corrected chi connectivity index (χ0v) is 10.6. The zero-order valence-electron chi connectivity index (χ0n) is 10.6. The smallest absolute Gasteiger partial charge is 0.325 e. The molecule has 2 heterocycles. The van der Waals surface area contributed by atoms with Crippen LogP contribution in [0.5, 0.6) is 0 Å². The van der Waals surface area contributed by atoms with E-state index in [2.05, 4.69) is 20.9 Å². The van der Waals surface area contributed by atoms with Crippen molar-refractivity contribution >= 4 is 17.9 Å². The average Bonchev–Trinajstić information content (AvgIpc) is 2.82. The van der Waals surface area contributed by atoms with Crippen molar-refractivity contribution in [1.82, 2.24) is 30.5 Å². The third-order valence-corrected chi connectivity index (χ3v) is 2.63. The number of nitrogens with one attached hydrogen (secondary N) is 2. The summed E-state index contributed by atoms with van der Waals surface area (Å²) in [5.41, 5.74) is 0.445. The van der Waals surface area contributed by atoms with E-state index in [1.54, 1.807) is 0 Å². The second-order valence-corrected chi connectivity index (χ2v) is 4.23. The van der Waals surface area contributed by atoms with Gasteiger partial charge in [0.2, 0.25) is 5.91 Å². The molecule has 20 heavy (non-hydrogen) atoms. The summed E-state index contributed by atoms with van der Waals surface area (Å²) in [6.07, 6.45) is 1.44. The monoisotopic (exact) mass is 282 g/mol. The lowest BCUT2D eigenvalue weighted by molar-refractivity contribution is -0.138. The first-order valence-electron chi connectivity index (χ1n) is 5.95. The van der Waals surface area contributed by atoms with Crippen LogP contribution in [0.1, 0.15) is 5.69 Å². The molecule has 1 aliphatic rings. The van der Waals surface area contributed by atoms with Crippen molar-refractivity contribution in [1.29, 1.82) is 0 Å². The fraction of sp³-hybridized carbons (Fsp3) is 0.500. The van der Waals surface area contributed by atoms with E-state index in [4.69, 9.17) is 5.11 Å². The van der Waals surface area contributed by atoms with E-state index >= 15 is 0 Å². The molecule has 3 N–H and O–H groups in total. The molecule has 10 nitrogen and oxygen atoms in total. The fourth-order valence-corrected chi connectivity index (χ4v) is 1.73. The standard InChI is InChI=1S/C10H14N6O4/c17-8-5-15(2-1-11-8)10(20)12-3-7-4-16(14-13-7)6-9(18)19/h4H,1-3,5-6H2,(H,11,17)(H,12,20)(H,18,19). The zero-order chi connectivity index (χ0) is 14.5. The highest BCUT2D eigenvalue weighted by Crippen LogP contribution is 1.97. The summed E-state index contributed by atoms with van der Waals surface area (Å²) in [6, 6.07) is -0.368. The molecule has 0 saturated carbocycles. The lowest BCUT2D eigenvalue weighted by Gasteiger charge is -2.26. The normalized spacial score (nSPS) is 14.8. The van der Waals surface area contributed by atoms with Crippen molar-refractivity contribution in [2.45, 2.75) is 13.1 Å². The molecule has 1 saturated heterocycles. The Morgan fingerprint density at radius 1 is 1.50 bits per heavy atom. The van der Waals surface area contributed by atoms with Gasteiger partial charge in [-0.2, -0.15) is 0 Å². The maximum atomic E-state index is 11.8. The first kappa shape index (κ1) is 13.8. The largest absolute Gasteiger partial charge is 0.480 e. The summed E-state index contributed by atoms with van der Waals surface area (Å²) in [5.74, 6) is -1.22. The summed E-state index contributed by atoms with van der Waals surface area (Å²) >= 11 is 0. The van der Waals surface area contributed by atoms with Gasteiger partial charge < -0.3 is 20.6 Å². The number of urea groups is 1. The van der Waals surface area contributed by atoms with Gasteiger partial charge >= 0.3 is 12.0 Å². The minimum absolute atomic E-state index is 0.0253. The first-order valence-corrected chi connectivity index (χ1v) is 5.95. The molecule has 0 bridgehead atoms. The Bertz CT molecular complexity index is 528. The van der Waals surface area contributed by atoms with Crippen LogP contribution < -0.4 is 10.6 Å². The number of piperazine rings is 1. The number of hydrogen-bond acceptors (Lipinski definition) is 5. The summed E-state index contributed by atoms with van der Waals surface area (Å²) in [6.45, 7) is 0.742. The number of carboxylic acid groups (broad SMARTS) is 1. The quantitative estimate of drug-likeness (QED) is 0.586. The van der Waals surface area contributed by atoms with Gasteiger partial charge in [0.1, 0.15) is 18.8 Å². The van der Waals surface area contributed by atoms with Crippen LogP contribution in [-0.4, -0.2) is 62.5 Å². The van der Waals surface area contributed by atoms with Crippen molar-refractivity contribution in [3.8, 4) is 0 Å². The van der Waals surface area contributed by atoms with Crippen LogP contribution in [0.15, 0.2) is 6.20 Å². The Morgan fingerprint density at radius 3 is 3.00 bits per heavy atom. The van der Waals surface area contributed by atoms with E-state index in [-0.39, 0.29) is 31.6 Å². The maximum Gasteiger partial charge on any atom is 0.325 e. The van der Waals surface area contributed by atoms with Crippen LogP contribution in [0.3, 0.4) is 0 Å². The number of rotatable bonds is 4. The maximum absolute atomic E-state index is 11.8. The summed E-state index contributed by atoms with van der Waals surface area (Å²) < 4.78 is 1.16. The van der Waals surface area contributed by atoms with E-state index in [0.717, 1.165) is 4.68 Å². The van der Waals surface area contributed by atoms with E-state index in [9.17, 15) is 14.4 Å². The van der Waals surface area contributed by atoms with Gasteiger partial charge in [-0.15, -0.1) is 5.10 Å². The summed E-state index contributed by atoms with van der Waals surface area (Å²) in [4.78, 5) is 34.8. The Kier molecular flexibility index (Phi) is 4.13. The summed E-state index contributed by atoms with van der Waals surface area (Å²) in [5, 5.41) is 21.2. The van der Waals surface area contributed by atoms with E-state index in [0.29, 0.717) is 18.8 Å². The van der Waals surface area contributed by atoms with Crippen molar-refractivity contribution in [3.05, 3.63) is 11.9 Å². The van der Waals surface area contributed by atoms with Crippen LogP contribution in [0.25, 0.3) is 0 Å². The van der Waals surface area contributed by atoms with Crippen molar-refractivity contribution in [2.24, 2.45) is 0 Å². The highest BCUT2D eigenvalue weighted by atomic mass is 16.4. The van der Waals surface area contributed by atoms with Crippen LogP contribution in [0, 0.1) is 0 Å². The molecule has 1 aromatic heterocycles. The van der Waals surface area contributed by atoms with Crippen LogP contribution >= 0.6 is 0 Å². The summed E-state index contributed by atoms with van der Waals surface area (Å²) in [7, 11) is 0. The van der Waals surface area contributed by atoms with Crippen LogP contribution in [0.4, 0.5) is 4.79 Å². The minimum atomic E-state index is -1.02. The molecule has 10 heteroatoms. The molecule has 0 unspecified atom stereocenters.